The minimum Gasteiger partial charge on any atom is -0.477 e. The number of aliphatic carboxylic acids is 1. The molecule has 1 atom stereocenters. The highest BCUT2D eigenvalue weighted by atomic mass is 16.4. The van der Waals surface area contributed by atoms with Crippen molar-refractivity contribution in [3.05, 3.63) is 41.6 Å². The Hall–Kier alpha value is -2.14. The molecule has 0 radical (unpaired) electrons. The number of carboxylic acids is 1. The first-order chi connectivity index (χ1) is 7.61. The van der Waals surface area contributed by atoms with Crippen LogP contribution in [0, 0.1) is 0 Å². The van der Waals surface area contributed by atoms with Gasteiger partial charge >= 0.3 is 5.97 Å². The van der Waals surface area contributed by atoms with E-state index in [1.54, 1.807) is 12.1 Å². The highest BCUT2D eigenvalue weighted by Crippen LogP contribution is 2.41. The van der Waals surface area contributed by atoms with E-state index in [1.165, 1.54) is 6.08 Å². The lowest BCUT2D eigenvalue weighted by atomic mass is 9.95. The van der Waals surface area contributed by atoms with Crippen LogP contribution in [0.15, 0.2) is 41.0 Å². The van der Waals surface area contributed by atoms with Crippen molar-refractivity contribution in [3.63, 3.8) is 0 Å². The van der Waals surface area contributed by atoms with Crippen molar-refractivity contribution in [2.24, 2.45) is 4.99 Å². The van der Waals surface area contributed by atoms with E-state index >= 15 is 0 Å². The summed E-state index contributed by atoms with van der Waals surface area (Å²) in [6.07, 6.45) is 1.25. The topological polar surface area (TPSA) is 81.9 Å². The van der Waals surface area contributed by atoms with E-state index in [9.17, 15) is 9.90 Å². The molecule has 3 N–H and O–H groups in total. The van der Waals surface area contributed by atoms with Crippen LogP contribution in [0.5, 0.6) is 0 Å². The molecule has 2 aliphatic rings. The predicted molar refractivity (Wildman–Crippen MR) is 57.1 cm³/mol. The molecule has 3 rings (SSSR count). The molecule has 80 valence electrons. The molecule has 0 amide bonds. The van der Waals surface area contributed by atoms with Crippen molar-refractivity contribution in [3.8, 4) is 0 Å². The second-order valence-corrected chi connectivity index (χ2v) is 3.73. The van der Waals surface area contributed by atoms with Crippen LogP contribution in [-0.4, -0.2) is 22.0 Å². The Morgan fingerprint density at radius 2 is 2.12 bits per heavy atom. The number of nitrogens with zero attached hydrogens (tertiary/aromatic N) is 1. The molecule has 2 aliphatic heterocycles. The first-order valence-corrected chi connectivity index (χ1v) is 4.75. The third-order valence-electron chi connectivity index (χ3n) is 2.75. The molecule has 0 aromatic heterocycles. The van der Waals surface area contributed by atoms with Crippen LogP contribution < -0.4 is 5.32 Å². The standard InChI is InChI=1S/C11H8N2O3/c14-9(15)8-5-11(16)6-3-1-2-4-7(6)12-10(11)13-8/h1-5,16H,(H,12,13)(H,14,15). The zero-order valence-corrected chi connectivity index (χ0v) is 8.14. The van der Waals surface area contributed by atoms with E-state index in [0.29, 0.717) is 5.56 Å². The first kappa shape index (κ1) is 9.11. The minimum atomic E-state index is -1.41. The molecule has 0 saturated heterocycles. The number of carbonyl (C=O) groups is 1. The van der Waals surface area contributed by atoms with Crippen molar-refractivity contribution < 1.29 is 15.0 Å². The Morgan fingerprint density at radius 1 is 1.38 bits per heavy atom. The number of aliphatic hydroxyl groups is 1. The highest BCUT2D eigenvalue weighted by molar-refractivity contribution is 6.14. The molecule has 2 heterocycles. The fraction of sp³-hybridized carbons (Fsp3) is 0.0909. The molecule has 16 heavy (non-hydrogen) atoms. The number of fused-ring (bicyclic) bond motifs is 3. The maximum absolute atomic E-state index is 10.8. The third-order valence-corrected chi connectivity index (χ3v) is 2.75. The lowest BCUT2D eigenvalue weighted by Crippen LogP contribution is -2.29. The SMILES string of the molecule is O=C(O)C1=CC2(O)C(=N1)Nc1ccccc12. The molecule has 5 nitrogen and oxygen atoms in total. The van der Waals surface area contributed by atoms with Crippen molar-refractivity contribution >= 4 is 17.5 Å². The minimum absolute atomic E-state index is 0.139. The van der Waals surface area contributed by atoms with Gasteiger partial charge in [-0.05, 0) is 12.1 Å². The monoisotopic (exact) mass is 216 g/mol. The summed E-state index contributed by atoms with van der Waals surface area (Å²) in [7, 11) is 0. The molecular weight excluding hydrogens is 208 g/mol. The summed E-state index contributed by atoms with van der Waals surface area (Å²) in [5.41, 5.74) is -0.168. The van der Waals surface area contributed by atoms with Gasteiger partial charge in [-0.15, -0.1) is 0 Å². The molecule has 1 unspecified atom stereocenters. The lowest BCUT2D eigenvalue weighted by Gasteiger charge is -2.14. The van der Waals surface area contributed by atoms with Gasteiger partial charge in [-0.25, -0.2) is 9.79 Å². The molecule has 0 spiro atoms. The summed E-state index contributed by atoms with van der Waals surface area (Å²) >= 11 is 0. The van der Waals surface area contributed by atoms with Gasteiger partial charge in [0.15, 0.2) is 5.60 Å². The van der Waals surface area contributed by atoms with Crippen molar-refractivity contribution in [2.75, 3.05) is 5.32 Å². The maximum Gasteiger partial charge on any atom is 0.354 e. The quantitative estimate of drug-likeness (QED) is 0.644. The smallest absolute Gasteiger partial charge is 0.354 e. The maximum atomic E-state index is 10.8. The number of rotatable bonds is 1. The molecular formula is C11H8N2O3. The van der Waals surface area contributed by atoms with E-state index in [0.717, 1.165) is 5.69 Å². The molecule has 1 aromatic carbocycles. The van der Waals surface area contributed by atoms with Crippen molar-refractivity contribution in [1.82, 2.24) is 0 Å². The van der Waals surface area contributed by atoms with Gasteiger partial charge in [0.1, 0.15) is 11.5 Å². The van der Waals surface area contributed by atoms with Gasteiger partial charge in [-0.1, -0.05) is 18.2 Å². The fourth-order valence-electron chi connectivity index (χ4n) is 1.99. The van der Waals surface area contributed by atoms with Gasteiger partial charge in [-0.2, -0.15) is 0 Å². The van der Waals surface area contributed by atoms with Crippen LogP contribution in [0.4, 0.5) is 5.69 Å². The molecule has 1 aromatic rings. The Labute approximate surface area is 90.8 Å². The highest BCUT2D eigenvalue weighted by Gasteiger charge is 2.45. The number of nitrogens with one attached hydrogen (secondary N) is 1. The second kappa shape index (κ2) is 2.70. The Kier molecular flexibility index (Phi) is 1.54. The average molecular weight is 216 g/mol. The van der Waals surface area contributed by atoms with E-state index in [2.05, 4.69) is 10.3 Å². The molecule has 0 fully saturated rings. The fourth-order valence-corrected chi connectivity index (χ4v) is 1.99. The van der Waals surface area contributed by atoms with Crippen LogP contribution in [0.3, 0.4) is 0 Å². The van der Waals surface area contributed by atoms with E-state index in [-0.39, 0.29) is 11.5 Å². The summed E-state index contributed by atoms with van der Waals surface area (Å²) in [5, 5.41) is 22.1. The van der Waals surface area contributed by atoms with Crippen molar-refractivity contribution in [1.29, 1.82) is 0 Å². The number of para-hydroxylation sites is 1. The number of hydrogen-bond acceptors (Lipinski definition) is 4. The Balaban J connectivity index is 2.18. The summed E-state index contributed by atoms with van der Waals surface area (Å²) in [6, 6.07) is 7.17. The van der Waals surface area contributed by atoms with Gasteiger partial charge in [0.2, 0.25) is 0 Å². The van der Waals surface area contributed by atoms with Gasteiger partial charge in [0.25, 0.3) is 0 Å². The number of aliphatic imine (C=N–C) groups is 1. The number of benzene rings is 1. The van der Waals surface area contributed by atoms with E-state index < -0.39 is 11.6 Å². The van der Waals surface area contributed by atoms with Crippen LogP contribution in [0.2, 0.25) is 0 Å². The number of carboxylic acid groups (broad SMARTS) is 1. The van der Waals surface area contributed by atoms with Gasteiger partial charge in [0.05, 0.1) is 0 Å². The van der Waals surface area contributed by atoms with Gasteiger partial charge < -0.3 is 15.5 Å². The first-order valence-electron chi connectivity index (χ1n) is 4.75. The van der Waals surface area contributed by atoms with E-state index in [4.69, 9.17) is 5.11 Å². The number of anilines is 1. The van der Waals surface area contributed by atoms with Crippen LogP contribution in [0.1, 0.15) is 5.56 Å². The Morgan fingerprint density at radius 3 is 2.88 bits per heavy atom. The van der Waals surface area contributed by atoms with Crippen LogP contribution in [-0.2, 0) is 10.4 Å². The van der Waals surface area contributed by atoms with Crippen molar-refractivity contribution in [2.45, 2.75) is 5.60 Å². The zero-order valence-electron chi connectivity index (χ0n) is 8.14. The normalized spacial score (nSPS) is 25.3. The number of hydrogen-bond donors (Lipinski definition) is 3. The second-order valence-electron chi connectivity index (χ2n) is 3.73. The zero-order chi connectivity index (χ0) is 11.3. The summed E-state index contributed by atoms with van der Waals surface area (Å²) < 4.78 is 0. The van der Waals surface area contributed by atoms with Crippen LogP contribution >= 0.6 is 0 Å². The molecule has 0 bridgehead atoms. The summed E-state index contributed by atoms with van der Waals surface area (Å²) in [6.45, 7) is 0. The third kappa shape index (κ3) is 0.976. The van der Waals surface area contributed by atoms with Crippen LogP contribution in [0.25, 0.3) is 0 Å². The Bertz CT molecular complexity index is 562. The average Bonchev–Trinajstić information content (AvgIpc) is 2.69. The van der Waals surface area contributed by atoms with Gasteiger partial charge in [-0.3, -0.25) is 0 Å². The summed E-state index contributed by atoms with van der Waals surface area (Å²) in [5.74, 6) is -0.888. The largest absolute Gasteiger partial charge is 0.477 e. The summed E-state index contributed by atoms with van der Waals surface area (Å²) in [4.78, 5) is 14.6. The lowest BCUT2D eigenvalue weighted by molar-refractivity contribution is -0.132. The molecule has 0 aliphatic carbocycles. The van der Waals surface area contributed by atoms with Gasteiger partial charge in [0, 0.05) is 11.3 Å². The molecule has 5 heteroatoms. The number of amidine groups is 1. The predicted octanol–water partition coefficient (Wildman–Crippen LogP) is 0.680. The van der Waals surface area contributed by atoms with E-state index in [1.807, 2.05) is 12.1 Å². The molecule has 0 saturated carbocycles.